The van der Waals surface area contributed by atoms with Crippen LogP contribution in [0.4, 0.5) is 0 Å². The van der Waals surface area contributed by atoms with E-state index in [4.69, 9.17) is 21.8 Å². The third-order valence-corrected chi connectivity index (χ3v) is 4.61. The Hall–Kier alpha value is -0.810. The van der Waals surface area contributed by atoms with E-state index in [1.807, 2.05) is 36.6 Å². The summed E-state index contributed by atoms with van der Waals surface area (Å²) in [6, 6.07) is 7.65. The predicted molar refractivity (Wildman–Crippen MR) is 84.0 cm³/mol. The molecule has 3 aromatic rings. The Kier molecular flexibility index (Phi) is 3.43. The summed E-state index contributed by atoms with van der Waals surface area (Å²) in [7, 11) is 0. The molecule has 98 valence electrons. The first-order chi connectivity index (χ1) is 9.04. The Morgan fingerprint density at radius 2 is 2.11 bits per heavy atom. The molecule has 0 bridgehead atoms. The van der Waals surface area contributed by atoms with Crippen molar-refractivity contribution in [2.45, 2.75) is 13.0 Å². The number of hydrogen-bond acceptors (Lipinski definition) is 3. The summed E-state index contributed by atoms with van der Waals surface area (Å²) in [5, 5.41) is 3.02. The lowest BCUT2D eigenvalue weighted by atomic mass is 10.1. The number of benzene rings is 1. The fourth-order valence-corrected chi connectivity index (χ4v) is 3.62. The van der Waals surface area contributed by atoms with Gasteiger partial charge in [-0.05, 0) is 47.7 Å². The average Bonchev–Trinajstić information content (AvgIpc) is 2.94. The van der Waals surface area contributed by atoms with E-state index in [0.717, 1.165) is 36.7 Å². The first-order valence-corrected chi connectivity index (χ1v) is 7.79. The van der Waals surface area contributed by atoms with Gasteiger partial charge in [0.25, 0.3) is 0 Å². The molecule has 0 saturated carbocycles. The molecule has 0 aliphatic rings. The van der Waals surface area contributed by atoms with Crippen molar-refractivity contribution in [3.8, 4) is 0 Å². The van der Waals surface area contributed by atoms with E-state index >= 15 is 0 Å². The number of aryl methyl sites for hydroxylation is 1. The second kappa shape index (κ2) is 4.94. The van der Waals surface area contributed by atoms with Gasteiger partial charge in [-0.15, -0.1) is 11.3 Å². The molecule has 0 aliphatic carbocycles. The van der Waals surface area contributed by atoms with Gasteiger partial charge in [-0.25, -0.2) is 0 Å². The summed E-state index contributed by atoms with van der Waals surface area (Å²) in [6.45, 7) is 2.02. The molecule has 0 saturated heterocycles. The molecule has 2 nitrogen and oxygen atoms in total. The third-order valence-electron chi connectivity index (χ3n) is 3.04. The van der Waals surface area contributed by atoms with Crippen molar-refractivity contribution < 1.29 is 4.42 Å². The maximum Gasteiger partial charge on any atom is 0.137 e. The van der Waals surface area contributed by atoms with Gasteiger partial charge < -0.3 is 10.2 Å². The molecule has 1 aromatic carbocycles. The highest BCUT2D eigenvalue weighted by Crippen LogP contribution is 2.33. The van der Waals surface area contributed by atoms with Gasteiger partial charge in [-0.2, -0.15) is 0 Å². The molecule has 2 aromatic heterocycles. The first-order valence-electron chi connectivity index (χ1n) is 5.73. The fraction of sp³-hybridized carbons (Fsp3) is 0.143. The van der Waals surface area contributed by atoms with Crippen molar-refractivity contribution in [1.82, 2.24) is 0 Å². The van der Waals surface area contributed by atoms with Gasteiger partial charge in [-0.1, -0.05) is 27.5 Å². The minimum Gasteiger partial charge on any atom is -0.459 e. The summed E-state index contributed by atoms with van der Waals surface area (Å²) in [5.74, 6) is 0.755. The van der Waals surface area contributed by atoms with Crippen molar-refractivity contribution in [3.63, 3.8) is 0 Å². The third kappa shape index (κ3) is 2.46. The monoisotopic (exact) mass is 355 g/mol. The van der Waals surface area contributed by atoms with Crippen LogP contribution in [-0.2, 0) is 0 Å². The first kappa shape index (κ1) is 13.2. The van der Waals surface area contributed by atoms with Gasteiger partial charge in [0, 0.05) is 9.86 Å². The number of thiophene rings is 1. The minimum absolute atomic E-state index is 0.283. The Labute approximate surface area is 128 Å². The molecule has 2 heterocycles. The van der Waals surface area contributed by atoms with E-state index in [2.05, 4.69) is 15.9 Å². The van der Waals surface area contributed by atoms with Crippen molar-refractivity contribution in [1.29, 1.82) is 0 Å². The van der Waals surface area contributed by atoms with Crippen molar-refractivity contribution in [3.05, 3.63) is 55.3 Å². The highest BCUT2D eigenvalue weighted by atomic mass is 79.9. The van der Waals surface area contributed by atoms with Crippen LogP contribution in [0.5, 0.6) is 0 Å². The molecule has 0 amide bonds. The molecule has 0 radical (unpaired) electrons. The number of rotatable bonds is 2. The largest absolute Gasteiger partial charge is 0.459 e. The standard InChI is InChI=1S/C14H11BrClNOS/c1-7-2-10(15)3-8-4-11(18-14(7)8)13(17)9-5-12(16)19-6-9/h2-6,13H,17H2,1H3. The predicted octanol–water partition coefficient (Wildman–Crippen LogP) is 5.27. The van der Waals surface area contributed by atoms with Gasteiger partial charge in [0.1, 0.15) is 11.3 Å². The van der Waals surface area contributed by atoms with Crippen LogP contribution in [-0.4, -0.2) is 0 Å². The summed E-state index contributed by atoms with van der Waals surface area (Å²) < 4.78 is 7.67. The molecule has 3 rings (SSSR count). The molecule has 0 fully saturated rings. The lowest BCUT2D eigenvalue weighted by molar-refractivity contribution is 0.524. The van der Waals surface area contributed by atoms with Crippen LogP contribution in [0.15, 0.2) is 38.5 Å². The highest BCUT2D eigenvalue weighted by Gasteiger charge is 2.16. The smallest absolute Gasteiger partial charge is 0.137 e. The van der Waals surface area contributed by atoms with Crippen LogP contribution in [0.3, 0.4) is 0 Å². The zero-order valence-corrected chi connectivity index (χ0v) is 13.3. The van der Waals surface area contributed by atoms with E-state index in [1.54, 1.807) is 0 Å². The van der Waals surface area contributed by atoms with Crippen LogP contribution >= 0.6 is 38.9 Å². The van der Waals surface area contributed by atoms with Gasteiger partial charge in [0.2, 0.25) is 0 Å². The zero-order chi connectivity index (χ0) is 13.6. The molecule has 0 spiro atoms. The normalized spacial score (nSPS) is 13.1. The SMILES string of the molecule is Cc1cc(Br)cc2cc(C(N)c3csc(Cl)c3)oc12. The zero-order valence-electron chi connectivity index (χ0n) is 10.1. The number of fused-ring (bicyclic) bond motifs is 1. The summed E-state index contributed by atoms with van der Waals surface area (Å²) in [4.78, 5) is 0. The quantitative estimate of drug-likeness (QED) is 0.679. The van der Waals surface area contributed by atoms with Gasteiger partial charge in [0.05, 0.1) is 10.4 Å². The van der Waals surface area contributed by atoms with Gasteiger partial charge in [0.15, 0.2) is 0 Å². The molecular weight excluding hydrogens is 346 g/mol. The molecule has 2 N–H and O–H groups in total. The number of furan rings is 1. The summed E-state index contributed by atoms with van der Waals surface area (Å²) in [6.07, 6.45) is 0. The Morgan fingerprint density at radius 1 is 1.32 bits per heavy atom. The number of halogens is 2. The molecular formula is C14H11BrClNOS. The highest BCUT2D eigenvalue weighted by molar-refractivity contribution is 9.10. The lowest BCUT2D eigenvalue weighted by Gasteiger charge is -2.05. The number of nitrogens with two attached hydrogens (primary N) is 1. The topological polar surface area (TPSA) is 39.2 Å². The van der Waals surface area contributed by atoms with Crippen LogP contribution in [0, 0.1) is 6.92 Å². The van der Waals surface area contributed by atoms with Gasteiger partial charge >= 0.3 is 0 Å². The van der Waals surface area contributed by atoms with Crippen LogP contribution < -0.4 is 5.73 Å². The lowest BCUT2D eigenvalue weighted by Crippen LogP contribution is -2.09. The molecule has 1 atom stereocenters. The van der Waals surface area contributed by atoms with E-state index in [-0.39, 0.29) is 6.04 Å². The molecule has 0 aliphatic heterocycles. The molecule has 5 heteroatoms. The maximum atomic E-state index is 6.22. The summed E-state index contributed by atoms with van der Waals surface area (Å²) >= 11 is 10.9. The Balaban J connectivity index is 2.08. The fourth-order valence-electron chi connectivity index (χ4n) is 2.11. The second-order valence-corrected chi connectivity index (χ2v) is 6.91. The van der Waals surface area contributed by atoms with E-state index in [1.165, 1.54) is 11.3 Å². The Morgan fingerprint density at radius 3 is 2.79 bits per heavy atom. The minimum atomic E-state index is -0.283. The summed E-state index contributed by atoms with van der Waals surface area (Å²) in [5.41, 5.74) is 9.18. The second-order valence-electron chi connectivity index (χ2n) is 4.45. The van der Waals surface area contributed by atoms with E-state index in [0.29, 0.717) is 0 Å². The molecule has 1 unspecified atom stereocenters. The van der Waals surface area contributed by atoms with Crippen molar-refractivity contribution >= 4 is 49.8 Å². The van der Waals surface area contributed by atoms with Crippen LogP contribution in [0.1, 0.15) is 22.9 Å². The average molecular weight is 357 g/mol. The van der Waals surface area contributed by atoms with Crippen molar-refractivity contribution in [2.24, 2.45) is 5.73 Å². The van der Waals surface area contributed by atoms with E-state index < -0.39 is 0 Å². The molecule has 19 heavy (non-hydrogen) atoms. The Bertz CT molecular complexity index is 749. The van der Waals surface area contributed by atoms with Gasteiger partial charge in [-0.3, -0.25) is 0 Å². The maximum absolute atomic E-state index is 6.22. The number of hydrogen-bond donors (Lipinski definition) is 1. The van der Waals surface area contributed by atoms with Crippen LogP contribution in [0.25, 0.3) is 11.0 Å². The van der Waals surface area contributed by atoms with Crippen molar-refractivity contribution in [2.75, 3.05) is 0 Å². The van der Waals surface area contributed by atoms with Crippen LogP contribution in [0.2, 0.25) is 4.34 Å². The van der Waals surface area contributed by atoms with E-state index in [9.17, 15) is 0 Å².